The molecule has 1 heterocycles. The number of pyridine rings is 1. The highest BCUT2D eigenvalue weighted by Gasteiger charge is 2.10. The predicted molar refractivity (Wildman–Crippen MR) is 81.6 cm³/mol. The molecule has 0 aliphatic rings. The molecule has 1 aromatic carbocycles. The lowest BCUT2D eigenvalue weighted by Gasteiger charge is -2.08. The quantitative estimate of drug-likeness (QED) is 0.883. The second-order valence-corrected chi connectivity index (χ2v) is 5.06. The van der Waals surface area contributed by atoms with Crippen LogP contribution in [0.15, 0.2) is 36.4 Å². The van der Waals surface area contributed by atoms with Crippen molar-refractivity contribution in [1.29, 1.82) is 0 Å². The maximum absolute atomic E-state index is 12.0. The molecule has 4 nitrogen and oxygen atoms in total. The fourth-order valence-corrected chi connectivity index (χ4v) is 2.22. The number of ketones is 1. The number of rotatable bonds is 4. The molecule has 1 amide bonds. The average molecular weight is 303 g/mol. The third-order valence-electron chi connectivity index (χ3n) is 3.07. The number of Topliss-reactive ketones (excluding diaryl/α,β-unsaturated/α-hetero) is 1. The highest BCUT2D eigenvalue weighted by Crippen LogP contribution is 2.14. The lowest BCUT2D eigenvalue weighted by atomic mass is 10.1. The van der Waals surface area contributed by atoms with E-state index in [1.807, 2.05) is 0 Å². The Morgan fingerprint density at radius 1 is 1.14 bits per heavy atom. The summed E-state index contributed by atoms with van der Waals surface area (Å²) in [5, 5.41) is 3.17. The molecule has 1 N–H and O–H groups in total. The van der Waals surface area contributed by atoms with Gasteiger partial charge in [0.2, 0.25) is 0 Å². The number of aromatic nitrogens is 1. The standard InChI is InChI=1S/C16H15ClN2O2/c1-10-13(11(2)20)8-7-12(19-10)9-18-16(21)14-5-3-4-6-15(14)17/h3-8H,9H2,1-2H3,(H,18,21). The molecule has 0 aliphatic heterocycles. The third kappa shape index (κ3) is 3.67. The number of halogens is 1. The largest absolute Gasteiger partial charge is 0.346 e. The second-order valence-electron chi connectivity index (χ2n) is 4.65. The number of hydrogen-bond donors (Lipinski definition) is 1. The topological polar surface area (TPSA) is 59.1 Å². The van der Waals surface area contributed by atoms with E-state index in [0.717, 1.165) is 0 Å². The Bertz CT molecular complexity index is 698. The molecule has 0 saturated heterocycles. The van der Waals surface area contributed by atoms with E-state index in [1.54, 1.807) is 43.3 Å². The summed E-state index contributed by atoms with van der Waals surface area (Å²) >= 11 is 5.97. The van der Waals surface area contributed by atoms with Crippen LogP contribution in [0.25, 0.3) is 0 Å². The van der Waals surface area contributed by atoms with Crippen LogP contribution in [0.1, 0.15) is 39.0 Å². The summed E-state index contributed by atoms with van der Waals surface area (Å²) in [6.07, 6.45) is 0. The highest BCUT2D eigenvalue weighted by atomic mass is 35.5. The zero-order valence-corrected chi connectivity index (χ0v) is 12.6. The predicted octanol–water partition coefficient (Wildman–Crippen LogP) is 3.18. The molecule has 0 radical (unpaired) electrons. The van der Waals surface area contributed by atoms with Gasteiger partial charge in [-0.3, -0.25) is 14.6 Å². The SMILES string of the molecule is CC(=O)c1ccc(CNC(=O)c2ccccc2Cl)nc1C. The Morgan fingerprint density at radius 3 is 2.48 bits per heavy atom. The highest BCUT2D eigenvalue weighted by molar-refractivity contribution is 6.33. The van der Waals surface area contributed by atoms with E-state index in [1.165, 1.54) is 6.92 Å². The first kappa shape index (κ1) is 15.2. The molecule has 2 rings (SSSR count). The van der Waals surface area contributed by atoms with Crippen molar-refractivity contribution in [3.05, 3.63) is 63.9 Å². The molecule has 0 saturated carbocycles. The molecule has 0 unspecified atom stereocenters. The average Bonchev–Trinajstić information content (AvgIpc) is 2.45. The van der Waals surface area contributed by atoms with Gasteiger partial charge in [0.1, 0.15) is 0 Å². The van der Waals surface area contributed by atoms with Crippen molar-refractivity contribution in [2.45, 2.75) is 20.4 Å². The van der Waals surface area contributed by atoms with Crippen LogP contribution in [0, 0.1) is 6.92 Å². The normalized spacial score (nSPS) is 10.2. The minimum atomic E-state index is -0.254. The summed E-state index contributed by atoms with van der Waals surface area (Å²) < 4.78 is 0. The lowest BCUT2D eigenvalue weighted by Crippen LogP contribution is -2.23. The Hall–Kier alpha value is -2.20. The number of amides is 1. The van der Waals surface area contributed by atoms with Gasteiger partial charge in [0, 0.05) is 11.3 Å². The van der Waals surface area contributed by atoms with Gasteiger partial charge in [0.15, 0.2) is 5.78 Å². The van der Waals surface area contributed by atoms with Crippen molar-refractivity contribution in [2.75, 3.05) is 0 Å². The second kappa shape index (κ2) is 6.50. The summed E-state index contributed by atoms with van der Waals surface area (Å²) in [5.41, 5.74) is 2.37. The summed E-state index contributed by atoms with van der Waals surface area (Å²) in [5.74, 6) is -0.276. The molecular weight excluding hydrogens is 288 g/mol. The molecular formula is C16H15ClN2O2. The number of benzene rings is 1. The van der Waals surface area contributed by atoms with Gasteiger partial charge in [0.25, 0.3) is 5.91 Å². The molecule has 108 valence electrons. The van der Waals surface area contributed by atoms with Gasteiger partial charge in [-0.05, 0) is 38.1 Å². The smallest absolute Gasteiger partial charge is 0.253 e. The van der Waals surface area contributed by atoms with E-state index in [-0.39, 0.29) is 18.2 Å². The molecule has 0 atom stereocenters. The van der Waals surface area contributed by atoms with Crippen molar-refractivity contribution in [3.8, 4) is 0 Å². The van der Waals surface area contributed by atoms with Crippen LogP contribution >= 0.6 is 11.6 Å². The van der Waals surface area contributed by atoms with Gasteiger partial charge in [-0.15, -0.1) is 0 Å². The first-order valence-electron chi connectivity index (χ1n) is 6.49. The molecule has 1 aromatic heterocycles. The van der Waals surface area contributed by atoms with Crippen molar-refractivity contribution in [1.82, 2.24) is 10.3 Å². The van der Waals surface area contributed by atoms with E-state index in [9.17, 15) is 9.59 Å². The number of hydrogen-bond acceptors (Lipinski definition) is 3. The first-order chi connectivity index (χ1) is 9.99. The molecule has 2 aromatic rings. The Labute approximate surface area is 128 Å². The van der Waals surface area contributed by atoms with Crippen molar-refractivity contribution in [3.63, 3.8) is 0 Å². The fourth-order valence-electron chi connectivity index (χ4n) is 2.00. The van der Waals surface area contributed by atoms with Crippen LogP contribution < -0.4 is 5.32 Å². The van der Waals surface area contributed by atoms with Crippen LogP contribution in [0.3, 0.4) is 0 Å². The van der Waals surface area contributed by atoms with Crippen molar-refractivity contribution >= 4 is 23.3 Å². The van der Waals surface area contributed by atoms with E-state index in [0.29, 0.717) is 27.5 Å². The molecule has 0 aliphatic carbocycles. The zero-order valence-electron chi connectivity index (χ0n) is 11.8. The monoisotopic (exact) mass is 302 g/mol. The maximum Gasteiger partial charge on any atom is 0.253 e. The van der Waals surface area contributed by atoms with Gasteiger partial charge in [-0.2, -0.15) is 0 Å². The van der Waals surface area contributed by atoms with Crippen LogP contribution in [0.5, 0.6) is 0 Å². The van der Waals surface area contributed by atoms with E-state index >= 15 is 0 Å². The number of nitrogens with zero attached hydrogens (tertiary/aromatic N) is 1. The van der Waals surface area contributed by atoms with Gasteiger partial charge >= 0.3 is 0 Å². The van der Waals surface area contributed by atoms with Crippen LogP contribution in [-0.4, -0.2) is 16.7 Å². The van der Waals surface area contributed by atoms with Crippen LogP contribution in [0.4, 0.5) is 0 Å². The van der Waals surface area contributed by atoms with Gasteiger partial charge in [-0.25, -0.2) is 0 Å². The summed E-state index contributed by atoms with van der Waals surface area (Å²) in [4.78, 5) is 27.7. The molecule has 0 spiro atoms. The zero-order chi connectivity index (χ0) is 15.4. The summed E-state index contributed by atoms with van der Waals surface area (Å²) in [6, 6.07) is 10.3. The molecule has 0 bridgehead atoms. The van der Waals surface area contributed by atoms with Crippen molar-refractivity contribution < 1.29 is 9.59 Å². The number of nitrogens with one attached hydrogen (secondary N) is 1. The van der Waals surface area contributed by atoms with Crippen LogP contribution in [0.2, 0.25) is 5.02 Å². The number of carbonyl (C=O) groups is 2. The number of aryl methyl sites for hydroxylation is 1. The van der Waals surface area contributed by atoms with Gasteiger partial charge in [0.05, 0.1) is 22.8 Å². The summed E-state index contributed by atoms with van der Waals surface area (Å²) in [7, 11) is 0. The Kier molecular flexibility index (Phi) is 4.70. The lowest BCUT2D eigenvalue weighted by molar-refractivity contribution is 0.0949. The van der Waals surface area contributed by atoms with Gasteiger partial charge in [-0.1, -0.05) is 23.7 Å². The van der Waals surface area contributed by atoms with E-state index in [4.69, 9.17) is 11.6 Å². The fraction of sp³-hybridized carbons (Fsp3) is 0.188. The third-order valence-corrected chi connectivity index (χ3v) is 3.40. The molecule has 5 heteroatoms. The summed E-state index contributed by atoms with van der Waals surface area (Å²) in [6.45, 7) is 3.56. The minimum absolute atomic E-state index is 0.0216. The first-order valence-corrected chi connectivity index (χ1v) is 6.87. The Balaban J connectivity index is 2.07. The number of carbonyl (C=O) groups excluding carboxylic acids is 2. The van der Waals surface area contributed by atoms with E-state index < -0.39 is 0 Å². The van der Waals surface area contributed by atoms with Gasteiger partial charge < -0.3 is 5.32 Å². The Morgan fingerprint density at radius 2 is 1.86 bits per heavy atom. The minimum Gasteiger partial charge on any atom is -0.346 e. The molecule has 21 heavy (non-hydrogen) atoms. The van der Waals surface area contributed by atoms with E-state index in [2.05, 4.69) is 10.3 Å². The molecule has 0 fully saturated rings. The maximum atomic E-state index is 12.0. The van der Waals surface area contributed by atoms with Crippen molar-refractivity contribution in [2.24, 2.45) is 0 Å². The van der Waals surface area contributed by atoms with Crippen LogP contribution in [-0.2, 0) is 6.54 Å².